The third kappa shape index (κ3) is 3.98. The van der Waals surface area contributed by atoms with Crippen LogP contribution < -0.4 is 15.5 Å². The van der Waals surface area contributed by atoms with Gasteiger partial charge in [0.15, 0.2) is 0 Å². The minimum absolute atomic E-state index is 0.0677. The number of amides is 1. The maximum Gasteiger partial charge on any atom is 0.308 e. The van der Waals surface area contributed by atoms with Crippen molar-refractivity contribution >= 4 is 17.2 Å². The quantitative estimate of drug-likeness (QED) is 0.718. The van der Waals surface area contributed by atoms with Gasteiger partial charge in [-0.25, -0.2) is 0 Å². The van der Waals surface area contributed by atoms with E-state index in [9.17, 15) is 9.59 Å². The molecule has 0 bridgehead atoms. The summed E-state index contributed by atoms with van der Waals surface area (Å²) < 4.78 is 1.52. The van der Waals surface area contributed by atoms with Gasteiger partial charge in [-0.15, -0.1) is 0 Å². The predicted molar refractivity (Wildman–Crippen MR) is 69.6 cm³/mol. The first-order valence-corrected chi connectivity index (χ1v) is 6.52. The van der Waals surface area contributed by atoms with Crippen molar-refractivity contribution in [3.8, 4) is 0 Å². The van der Waals surface area contributed by atoms with E-state index in [4.69, 9.17) is 0 Å². The molecule has 6 heteroatoms. The van der Waals surface area contributed by atoms with Gasteiger partial charge in [0, 0.05) is 23.7 Å². The molecule has 0 unspecified atom stereocenters. The SMILES string of the molecule is CCNCCNC(=O)Cn1c(C)c(C)sc1=O. The van der Waals surface area contributed by atoms with Gasteiger partial charge in [-0.2, -0.15) is 0 Å². The van der Waals surface area contributed by atoms with E-state index in [0.29, 0.717) is 6.54 Å². The summed E-state index contributed by atoms with van der Waals surface area (Å²) >= 11 is 1.18. The molecule has 17 heavy (non-hydrogen) atoms. The van der Waals surface area contributed by atoms with Crippen LogP contribution in [0.25, 0.3) is 0 Å². The lowest BCUT2D eigenvalue weighted by Crippen LogP contribution is -2.35. The van der Waals surface area contributed by atoms with Crippen LogP contribution in [0, 0.1) is 13.8 Å². The molecule has 0 aliphatic rings. The highest BCUT2D eigenvalue weighted by atomic mass is 32.1. The average Bonchev–Trinajstić information content (AvgIpc) is 2.52. The van der Waals surface area contributed by atoms with Gasteiger partial charge in [-0.3, -0.25) is 14.2 Å². The molecule has 1 rings (SSSR count). The molecular weight excluding hydrogens is 238 g/mol. The molecule has 0 aliphatic heterocycles. The maximum atomic E-state index is 11.6. The summed E-state index contributed by atoms with van der Waals surface area (Å²) in [5, 5.41) is 5.89. The van der Waals surface area contributed by atoms with Crippen molar-refractivity contribution in [1.29, 1.82) is 0 Å². The lowest BCUT2D eigenvalue weighted by molar-refractivity contribution is -0.121. The van der Waals surface area contributed by atoms with Crippen LogP contribution in [0.1, 0.15) is 17.5 Å². The van der Waals surface area contributed by atoms with Crippen LogP contribution in [0.2, 0.25) is 0 Å². The van der Waals surface area contributed by atoms with E-state index in [1.54, 1.807) is 0 Å². The third-order valence-corrected chi connectivity index (χ3v) is 3.55. The lowest BCUT2D eigenvalue weighted by Gasteiger charge is -2.07. The Hall–Kier alpha value is -1.14. The van der Waals surface area contributed by atoms with Crippen molar-refractivity contribution in [2.24, 2.45) is 0 Å². The topological polar surface area (TPSA) is 63.1 Å². The zero-order valence-electron chi connectivity index (χ0n) is 10.5. The molecule has 0 saturated heterocycles. The number of hydrogen-bond donors (Lipinski definition) is 2. The molecule has 1 heterocycles. The highest BCUT2D eigenvalue weighted by molar-refractivity contribution is 7.09. The van der Waals surface area contributed by atoms with E-state index in [1.807, 2.05) is 20.8 Å². The van der Waals surface area contributed by atoms with Crippen molar-refractivity contribution < 1.29 is 4.79 Å². The Balaban J connectivity index is 2.48. The highest BCUT2D eigenvalue weighted by Gasteiger charge is 2.10. The fraction of sp³-hybridized carbons (Fsp3) is 0.636. The molecule has 0 radical (unpaired) electrons. The van der Waals surface area contributed by atoms with Crippen LogP contribution in [0.15, 0.2) is 4.79 Å². The van der Waals surface area contributed by atoms with Gasteiger partial charge in [0.25, 0.3) is 0 Å². The summed E-state index contributed by atoms with van der Waals surface area (Å²) in [6, 6.07) is 0. The van der Waals surface area contributed by atoms with Gasteiger partial charge in [-0.1, -0.05) is 18.3 Å². The van der Waals surface area contributed by atoms with Crippen LogP contribution >= 0.6 is 11.3 Å². The molecule has 2 N–H and O–H groups in total. The summed E-state index contributed by atoms with van der Waals surface area (Å²) in [4.78, 5) is 24.1. The summed E-state index contributed by atoms with van der Waals surface area (Å²) in [5.41, 5.74) is 0.877. The zero-order chi connectivity index (χ0) is 12.8. The first kappa shape index (κ1) is 13.9. The predicted octanol–water partition coefficient (Wildman–Crippen LogP) is 0.252. The Kier molecular flexibility index (Phi) is 5.37. The Morgan fingerprint density at radius 1 is 1.35 bits per heavy atom. The van der Waals surface area contributed by atoms with Gasteiger partial charge in [0.1, 0.15) is 6.54 Å². The van der Waals surface area contributed by atoms with Crippen molar-refractivity contribution in [1.82, 2.24) is 15.2 Å². The van der Waals surface area contributed by atoms with Crippen molar-refractivity contribution in [2.45, 2.75) is 27.3 Å². The Labute approximate surface area is 105 Å². The van der Waals surface area contributed by atoms with Gasteiger partial charge in [0.2, 0.25) is 5.91 Å². The molecule has 96 valence electrons. The second-order valence-corrected chi connectivity index (χ2v) is 4.96. The van der Waals surface area contributed by atoms with Crippen LogP contribution in [0.3, 0.4) is 0 Å². The molecule has 0 saturated carbocycles. The molecule has 0 atom stereocenters. The van der Waals surface area contributed by atoms with Crippen molar-refractivity contribution in [3.05, 3.63) is 20.2 Å². The lowest BCUT2D eigenvalue weighted by atomic mass is 10.4. The molecule has 1 aromatic rings. The Morgan fingerprint density at radius 3 is 2.59 bits per heavy atom. The van der Waals surface area contributed by atoms with E-state index in [-0.39, 0.29) is 17.3 Å². The highest BCUT2D eigenvalue weighted by Crippen LogP contribution is 2.08. The minimum Gasteiger partial charge on any atom is -0.353 e. The number of aryl methyl sites for hydroxylation is 1. The molecule has 1 amide bonds. The van der Waals surface area contributed by atoms with E-state index in [2.05, 4.69) is 10.6 Å². The molecule has 5 nitrogen and oxygen atoms in total. The smallest absolute Gasteiger partial charge is 0.308 e. The summed E-state index contributed by atoms with van der Waals surface area (Å²) in [6.07, 6.45) is 0. The second-order valence-electron chi connectivity index (χ2n) is 3.80. The first-order chi connectivity index (χ1) is 8.06. The number of rotatable bonds is 6. The number of nitrogens with zero attached hydrogens (tertiary/aromatic N) is 1. The molecule has 0 fully saturated rings. The number of carbonyl (C=O) groups excluding carboxylic acids is 1. The number of carbonyl (C=O) groups is 1. The standard InChI is InChI=1S/C11H19N3O2S/c1-4-12-5-6-13-10(15)7-14-8(2)9(3)17-11(14)16/h12H,4-7H2,1-3H3,(H,13,15). The minimum atomic E-state index is -0.120. The van der Waals surface area contributed by atoms with Crippen molar-refractivity contribution in [3.63, 3.8) is 0 Å². The average molecular weight is 257 g/mol. The summed E-state index contributed by atoms with van der Waals surface area (Å²) in [7, 11) is 0. The number of nitrogens with one attached hydrogen (secondary N) is 2. The van der Waals surface area contributed by atoms with Gasteiger partial charge in [0.05, 0.1) is 0 Å². The monoisotopic (exact) mass is 257 g/mol. The largest absolute Gasteiger partial charge is 0.353 e. The normalized spacial score (nSPS) is 10.5. The van der Waals surface area contributed by atoms with E-state index >= 15 is 0 Å². The molecule has 0 aliphatic carbocycles. The Morgan fingerprint density at radius 2 is 2.06 bits per heavy atom. The number of hydrogen-bond acceptors (Lipinski definition) is 4. The Bertz CT molecular complexity index is 436. The van der Waals surface area contributed by atoms with Crippen molar-refractivity contribution in [2.75, 3.05) is 19.6 Å². The molecule has 0 spiro atoms. The summed E-state index contributed by atoms with van der Waals surface area (Å²) in [6.45, 7) is 8.10. The fourth-order valence-electron chi connectivity index (χ4n) is 1.44. The molecule has 1 aromatic heterocycles. The number of thiazole rings is 1. The van der Waals surface area contributed by atoms with Gasteiger partial charge in [-0.05, 0) is 20.4 Å². The van der Waals surface area contributed by atoms with E-state index in [1.165, 1.54) is 15.9 Å². The van der Waals surface area contributed by atoms with E-state index < -0.39 is 0 Å². The molecule has 0 aromatic carbocycles. The van der Waals surface area contributed by atoms with Gasteiger partial charge >= 0.3 is 4.87 Å². The van der Waals surface area contributed by atoms with E-state index in [0.717, 1.165) is 23.7 Å². The molecular formula is C11H19N3O2S. The maximum absolute atomic E-state index is 11.6. The van der Waals surface area contributed by atoms with Crippen LogP contribution in [0.4, 0.5) is 0 Å². The zero-order valence-corrected chi connectivity index (χ0v) is 11.3. The van der Waals surface area contributed by atoms with Gasteiger partial charge < -0.3 is 10.6 Å². The summed E-state index contributed by atoms with van der Waals surface area (Å²) in [5.74, 6) is -0.120. The third-order valence-electron chi connectivity index (χ3n) is 2.55. The first-order valence-electron chi connectivity index (χ1n) is 5.70. The van der Waals surface area contributed by atoms with Crippen LogP contribution in [0.5, 0.6) is 0 Å². The number of aromatic nitrogens is 1. The van der Waals surface area contributed by atoms with Crippen LogP contribution in [-0.4, -0.2) is 30.1 Å². The second kappa shape index (κ2) is 6.56. The van der Waals surface area contributed by atoms with Crippen LogP contribution in [-0.2, 0) is 11.3 Å². The number of likely N-dealkylation sites (N-methyl/N-ethyl adjacent to an activating group) is 1. The fourth-order valence-corrected chi connectivity index (χ4v) is 2.27.